The lowest BCUT2D eigenvalue weighted by atomic mass is 9.68. The zero-order valence-electron chi connectivity index (χ0n) is 46.5. The van der Waals surface area contributed by atoms with Crippen LogP contribution in [-0.4, -0.2) is 16.1 Å². The van der Waals surface area contributed by atoms with Gasteiger partial charge >= 0.3 is 0 Å². The Balaban J connectivity index is 1.14. The smallest absolute Gasteiger partial charge is 0.147 e. The molecule has 10 rings (SSSR count). The van der Waals surface area contributed by atoms with Gasteiger partial charge in [-0.05, 0) is 99.6 Å². The second kappa shape index (κ2) is 16.2. The van der Waals surface area contributed by atoms with Gasteiger partial charge in [-0.25, -0.2) is 8.78 Å². The largest absolute Gasteiger partial charge is 0.307 e. The molecule has 64 heavy (non-hydrogen) atoms. The number of allylic oxidation sites excluding steroid dienone is 5. The third kappa shape index (κ3) is 7.54. The number of nitrogens with zero attached hydrogens (tertiary/aromatic N) is 2. The maximum absolute atomic E-state index is 17.2. The van der Waals surface area contributed by atoms with Crippen molar-refractivity contribution in [1.82, 2.24) is 0 Å². The molecule has 3 aliphatic rings. The molecule has 0 aliphatic heterocycles. The molecule has 0 saturated carbocycles. The molecule has 0 amide bonds. The van der Waals surface area contributed by atoms with Gasteiger partial charge in [0.2, 0.25) is 0 Å². The van der Waals surface area contributed by atoms with Crippen LogP contribution in [0.15, 0.2) is 193 Å². The van der Waals surface area contributed by atoms with E-state index in [4.69, 9.17) is 13.7 Å². The fraction of sp³-hybridized carbons (Fsp3) is 0.138. The quantitative estimate of drug-likeness (QED) is 0.126. The summed E-state index contributed by atoms with van der Waals surface area (Å²) in [5, 5.41) is 2.44. The Kier molecular flexibility index (Phi) is 7.91. The molecule has 0 N–H and O–H groups in total. The van der Waals surface area contributed by atoms with Gasteiger partial charge in [0.05, 0.1) is 46.9 Å². The molecule has 7 aromatic rings. The van der Waals surface area contributed by atoms with E-state index in [-0.39, 0.29) is 45.5 Å². The van der Waals surface area contributed by atoms with Gasteiger partial charge in [-0.2, -0.15) is 0 Å². The second-order valence-electron chi connectivity index (χ2n) is 18.5. The van der Waals surface area contributed by atoms with Crippen LogP contribution in [0.2, 0.25) is 39.3 Å². The Labute approximate surface area is 392 Å². The number of hydrogen-bond donors (Lipinski definition) is 0. The summed E-state index contributed by atoms with van der Waals surface area (Å²) in [6.07, 6.45) is 12.5. The highest BCUT2D eigenvalue weighted by Gasteiger charge is 2.38. The molecule has 0 radical (unpaired) electrons. The molecule has 0 saturated heterocycles. The Morgan fingerprint density at radius 3 is 1.48 bits per heavy atom. The predicted molar refractivity (Wildman–Crippen MR) is 273 cm³/mol. The minimum absolute atomic E-state index is 0.0926. The van der Waals surface area contributed by atoms with E-state index in [2.05, 4.69) is 93.9 Å². The number of halogens is 2. The summed E-state index contributed by atoms with van der Waals surface area (Å²) in [7, 11) is -3.50. The lowest BCUT2D eigenvalue weighted by molar-refractivity contribution is 0.625. The van der Waals surface area contributed by atoms with Crippen molar-refractivity contribution >= 4 is 67.1 Å². The minimum Gasteiger partial charge on any atom is -0.307 e. The maximum Gasteiger partial charge on any atom is 0.147 e. The van der Waals surface area contributed by atoms with Gasteiger partial charge in [0.25, 0.3) is 0 Å². The second-order valence-corrected chi connectivity index (χ2v) is 28.7. The molecule has 0 bridgehead atoms. The van der Waals surface area contributed by atoms with Crippen LogP contribution in [0.5, 0.6) is 0 Å². The van der Waals surface area contributed by atoms with E-state index < -0.39 is 88.2 Å². The summed E-state index contributed by atoms with van der Waals surface area (Å²) in [5.74, 6) is -1.69. The summed E-state index contributed by atoms with van der Waals surface area (Å²) in [6.45, 7) is 13.6. The molecule has 0 fully saturated rings. The Morgan fingerprint density at radius 2 is 0.969 bits per heavy atom. The van der Waals surface area contributed by atoms with Crippen LogP contribution >= 0.6 is 0 Å². The van der Waals surface area contributed by atoms with Crippen LogP contribution in [0.4, 0.5) is 37.2 Å². The molecule has 7 aromatic carbocycles. The molecular weight excluding hydrogens is 819 g/mol. The van der Waals surface area contributed by atoms with Crippen LogP contribution in [0.3, 0.4) is 0 Å². The molecule has 0 spiro atoms. The molecular formula is C58H52F2N2Si2. The molecule has 2 nitrogen and oxygen atoms in total. The highest BCUT2D eigenvalue weighted by molar-refractivity contribution is 6.89. The average Bonchev–Trinajstić information content (AvgIpc) is 3.38. The molecule has 316 valence electrons. The molecule has 2 atom stereocenters. The van der Waals surface area contributed by atoms with Crippen molar-refractivity contribution in [2.75, 3.05) is 9.80 Å². The Hall–Kier alpha value is -6.61. The van der Waals surface area contributed by atoms with Crippen LogP contribution in [0, 0.1) is 17.6 Å². The molecule has 2 unspecified atom stereocenters. The van der Waals surface area contributed by atoms with Gasteiger partial charge < -0.3 is 9.80 Å². The topological polar surface area (TPSA) is 6.48 Å². The first-order chi connectivity index (χ1) is 35.0. The molecule has 3 aliphatic carbocycles. The SMILES string of the molecule is [2H]c1c([2H])c([2H])c(-c2ccc(N(C3=C4C=Cc5ccc(N(c6ccc([Si](C)(C)C)cc6)c6ccc(-c7c([2H])c([2H])c([2H])c([2H])c7[2H])cc6F)c6c5C4C(C=C3)C=C6)c3ccc([Si](C)(C)C)cc3)c(F)c2)c([2H])c1[2H]. The van der Waals surface area contributed by atoms with E-state index >= 15 is 8.78 Å². The number of benzene rings is 7. The van der Waals surface area contributed by atoms with Crippen molar-refractivity contribution in [2.24, 2.45) is 5.92 Å². The number of anilines is 5. The normalized spacial score (nSPS) is 18.4. The van der Waals surface area contributed by atoms with E-state index in [1.165, 1.54) is 22.5 Å². The van der Waals surface area contributed by atoms with Gasteiger partial charge in [0, 0.05) is 34.5 Å². The van der Waals surface area contributed by atoms with E-state index in [0.717, 1.165) is 22.3 Å². The van der Waals surface area contributed by atoms with Gasteiger partial charge in [0.15, 0.2) is 0 Å². The fourth-order valence-corrected chi connectivity index (χ4v) is 11.4. The Morgan fingerprint density at radius 1 is 0.484 bits per heavy atom. The maximum atomic E-state index is 17.2. The fourth-order valence-electron chi connectivity index (χ4n) is 9.10. The van der Waals surface area contributed by atoms with Crippen LogP contribution < -0.4 is 20.2 Å². The van der Waals surface area contributed by atoms with Crippen molar-refractivity contribution in [3.05, 3.63) is 221 Å². The minimum atomic E-state index is -1.75. The van der Waals surface area contributed by atoms with Gasteiger partial charge in [-0.3, -0.25) is 0 Å². The van der Waals surface area contributed by atoms with Gasteiger partial charge in [0.1, 0.15) is 11.6 Å². The highest BCUT2D eigenvalue weighted by Crippen LogP contribution is 2.53. The van der Waals surface area contributed by atoms with Crippen LogP contribution in [0.25, 0.3) is 34.4 Å². The summed E-state index contributed by atoms with van der Waals surface area (Å²) >= 11 is 0. The monoisotopic (exact) mass is 880 g/mol. The van der Waals surface area contributed by atoms with E-state index in [1.54, 1.807) is 24.3 Å². The van der Waals surface area contributed by atoms with Crippen LogP contribution in [-0.2, 0) is 0 Å². The van der Waals surface area contributed by atoms with Crippen LogP contribution in [0.1, 0.15) is 36.3 Å². The zero-order valence-corrected chi connectivity index (χ0v) is 38.5. The number of rotatable bonds is 10. The average molecular weight is 881 g/mol. The summed E-state index contributed by atoms with van der Waals surface area (Å²) < 4.78 is 118. The van der Waals surface area contributed by atoms with Crippen molar-refractivity contribution in [3.63, 3.8) is 0 Å². The first-order valence-electron chi connectivity index (χ1n) is 26.5. The highest BCUT2D eigenvalue weighted by atomic mass is 28.3. The zero-order chi connectivity index (χ0) is 53.0. The lowest BCUT2D eigenvalue weighted by Crippen LogP contribution is -2.37. The van der Waals surface area contributed by atoms with E-state index in [9.17, 15) is 0 Å². The first kappa shape index (κ1) is 31.3. The standard InChI is InChI=1S/C58H52F2N2Si2/c1-63(2,3)47-27-23-45(24-28-47)61(55-35-21-43(37-51(55)59)39-13-9-7-10-14-39)53-33-19-41-18-32-50-54(34-20-42-17-31-49(53)57(41)58(42)50)62(46-25-29-48(30-26-46)64(4,5)6)56-36-22-44(38-52(56)60)40-15-11-8-12-16-40/h7-38,41,57H,1-6H3/i7D,8D,9D,10D,11D,12D,13D,14D,15D,16D. The molecule has 0 aromatic heterocycles. The predicted octanol–water partition coefficient (Wildman–Crippen LogP) is 15.3. The lowest BCUT2D eigenvalue weighted by Gasteiger charge is -2.41. The van der Waals surface area contributed by atoms with Gasteiger partial charge in [-0.1, -0.05) is 183 Å². The van der Waals surface area contributed by atoms with Crippen molar-refractivity contribution in [3.8, 4) is 22.3 Å². The van der Waals surface area contributed by atoms with E-state index in [0.29, 0.717) is 22.8 Å². The summed E-state index contributed by atoms with van der Waals surface area (Å²) in [5.41, 5.74) is 7.01. The molecule has 6 heteroatoms. The van der Waals surface area contributed by atoms with E-state index in [1.807, 2.05) is 52.3 Å². The third-order valence-electron chi connectivity index (χ3n) is 12.4. The van der Waals surface area contributed by atoms with Crippen molar-refractivity contribution < 1.29 is 22.5 Å². The van der Waals surface area contributed by atoms with Gasteiger partial charge in [-0.15, -0.1) is 0 Å². The molecule has 0 heterocycles. The third-order valence-corrected chi connectivity index (χ3v) is 16.6. The number of hydrogen-bond acceptors (Lipinski definition) is 2. The first-order valence-corrected chi connectivity index (χ1v) is 28.5. The summed E-state index contributed by atoms with van der Waals surface area (Å²) in [6, 6.07) is 24.4. The summed E-state index contributed by atoms with van der Waals surface area (Å²) in [4.78, 5) is 3.75. The van der Waals surface area contributed by atoms with Crippen molar-refractivity contribution in [1.29, 1.82) is 0 Å². The van der Waals surface area contributed by atoms with Crippen molar-refractivity contribution in [2.45, 2.75) is 45.2 Å². The Bertz CT molecular complexity index is 3580.